The van der Waals surface area contributed by atoms with E-state index in [1.807, 2.05) is 55.3 Å². The Labute approximate surface area is 117 Å². The molecule has 1 rings (SSSR count). The highest BCUT2D eigenvalue weighted by Crippen LogP contribution is 2.28. The molecule has 0 amide bonds. The topological polar surface area (TPSA) is 30.2 Å². The number of aryl methyl sites for hydroxylation is 1. The van der Waals surface area contributed by atoms with Gasteiger partial charge in [0.1, 0.15) is 4.24 Å². The van der Waals surface area contributed by atoms with E-state index in [4.69, 9.17) is 4.74 Å². The zero-order chi connectivity index (χ0) is 13.5. The van der Waals surface area contributed by atoms with Gasteiger partial charge in [-0.2, -0.15) is 4.57 Å². The van der Waals surface area contributed by atoms with Crippen LogP contribution in [0.15, 0.2) is 28.6 Å². The van der Waals surface area contributed by atoms with E-state index in [0.717, 1.165) is 9.93 Å². The molecule has 5 heteroatoms. The van der Waals surface area contributed by atoms with Crippen molar-refractivity contribution >= 4 is 35.2 Å². The quantitative estimate of drug-likeness (QED) is 0.472. The van der Waals surface area contributed by atoms with Crippen LogP contribution < -0.4 is 4.57 Å². The van der Waals surface area contributed by atoms with E-state index in [1.54, 1.807) is 23.5 Å². The highest BCUT2D eigenvalue weighted by atomic mass is 32.2. The Morgan fingerprint density at radius 2 is 2.00 bits per heavy atom. The molecular formula is C13H18NO2S2+. The van der Waals surface area contributed by atoms with E-state index in [9.17, 15) is 4.79 Å². The molecule has 0 aliphatic rings. The lowest BCUT2D eigenvalue weighted by Gasteiger charge is -2.07. The predicted octanol–water partition coefficient (Wildman–Crippen LogP) is 2.70. The third-order valence-corrected chi connectivity index (χ3v) is 4.47. The van der Waals surface area contributed by atoms with Crippen molar-refractivity contribution in [1.29, 1.82) is 0 Å². The van der Waals surface area contributed by atoms with Gasteiger partial charge in [0.15, 0.2) is 11.9 Å². The minimum absolute atomic E-state index is 0.282. The van der Waals surface area contributed by atoms with Gasteiger partial charge in [-0.25, -0.2) is 4.79 Å². The Kier molecular flexibility index (Phi) is 6.29. The van der Waals surface area contributed by atoms with Crippen LogP contribution in [0.5, 0.6) is 0 Å². The summed E-state index contributed by atoms with van der Waals surface area (Å²) in [6.07, 6.45) is 5.81. The number of esters is 1. The Balaban J connectivity index is 3.34. The molecule has 1 aromatic rings. The van der Waals surface area contributed by atoms with Gasteiger partial charge in [0.2, 0.25) is 0 Å². The van der Waals surface area contributed by atoms with Crippen LogP contribution in [0.25, 0.3) is 5.70 Å². The highest BCUT2D eigenvalue weighted by molar-refractivity contribution is 8.21. The maximum Gasteiger partial charge on any atom is 0.405 e. The average Bonchev–Trinajstić information content (AvgIpc) is 2.37. The fourth-order valence-corrected chi connectivity index (χ4v) is 2.95. The number of hydrogen-bond acceptors (Lipinski definition) is 4. The van der Waals surface area contributed by atoms with Crippen molar-refractivity contribution in [1.82, 2.24) is 0 Å². The van der Waals surface area contributed by atoms with E-state index >= 15 is 0 Å². The van der Waals surface area contributed by atoms with Gasteiger partial charge >= 0.3 is 11.7 Å². The van der Waals surface area contributed by atoms with Gasteiger partial charge in [0.25, 0.3) is 0 Å². The third kappa shape index (κ3) is 3.53. The molecular weight excluding hydrogens is 266 g/mol. The van der Waals surface area contributed by atoms with Crippen molar-refractivity contribution in [3.8, 4) is 0 Å². The van der Waals surface area contributed by atoms with Crippen LogP contribution in [0.4, 0.5) is 0 Å². The monoisotopic (exact) mass is 284 g/mol. The van der Waals surface area contributed by atoms with Crippen LogP contribution >= 0.6 is 23.5 Å². The Hall–Kier alpha value is -0.940. The van der Waals surface area contributed by atoms with E-state index in [-0.39, 0.29) is 5.97 Å². The number of pyridine rings is 1. The number of aromatic nitrogens is 1. The maximum atomic E-state index is 12.1. The number of carbonyl (C=O) groups is 1. The number of carbonyl (C=O) groups excluding carboxylic acids is 1. The van der Waals surface area contributed by atoms with Gasteiger partial charge in [-0.1, -0.05) is 6.07 Å². The Morgan fingerprint density at radius 3 is 2.50 bits per heavy atom. The van der Waals surface area contributed by atoms with Crippen molar-refractivity contribution in [2.24, 2.45) is 0 Å². The summed E-state index contributed by atoms with van der Waals surface area (Å²) in [7, 11) is 0. The molecule has 0 saturated carbocycles. The number of rotatable bonds is 5. The fourth-order valence-electron chi connectivity index (χ4n) is 1.54. The summed E-state index contributed by atoms with van der Waals surface area (Å²) in [6, 6.07) is 5.83. The number of nitrogens with zero attached hydrogens (tertiary/aromatic N) is 1. The summed E-state index contributed by atoms with van der Waals surface area (Å²) >= 11 is 3.11. The van der Waals surface area contributed by atoms with Gasteiger partial charge in [-0.15, -0.1) is 23.5 Å². The van der Waals surface area contributed by atoms with E-state index in [2.05, 4.69) is 0 Å². The number of hydrogen-bond donors (Lipinski definition) is 0. The zero-order valence-corrected chi connectivity index (χ0v) is 12.7. The van der Waals surface area contributed by atoms with Crippen LogP contribution in [0.3, 0.4) is 0 Å². The van der Waals surface area contributed by atoms with E-state index in [0.29, 0.717) is 12.3 Å². The van der Waals surface area contributed by atoms with Crippen molar-refractivity contribution in [3.63, 3.8) is 0 Å². The lowest BCUT2D eigenvalue weighted by atomic mass is 10.3. The second-order valence-electron chi connectivity index (χ2n) is 3.48. The molecule has 1 aromatic heterocycles. The number of thioether (sulfide) groups is 2. The molecule has 1 heterocycles. The first-order valence-electron chi connectivity index (χ1n) is 5.62. The lowest BCUT2D eigenvalue weighted by Crippen LogP contribution is -2.40. The molecule has 98 valence electrons. The maximum absolute atomic E-state index is 12.1. The molecule has 0 fully saturated rings. The normalized spacial score (nSPS) is 10.0. The second-order valence-corrected chi connectivity index (χ2v) is 5.37. The minimum atomic E-state index is -0.282. The first-order chi connectivity index (χ1) is 8.65. The summed E-state index contributed by atoms with van der Waals surface area (Å²) in [6.45, 7) is 4.16. The second kappa shape index (κ2) is 7.48. The van der Waals surface area contributed by atoms with Gasteiger partial charge in [0.05, 0.1) is 6.61 Å². The molecule has 0 aliphatic carbocycles. The largest absolute Gasteiger partial charge is 0.458 e. The van der Waals surface area contributed by atoms with Crippen LogP contribution in [0.1, 0.15) is 12.6 Å². The summed E-state index contributed by atoms with van der Waals surface area (Å²) in [5.74, 6) is -0.282. The van der Waals surface area contributed by atoms with Crippen molar-refractivity contribution < 1.29 is 14.1 Å². The minimum Gasteiger partial charge on any atom is -0.458 e. The van der Waals surface area contributed by atoms with E-state index < -0.39 is 0 Å². The fraction of sp³-hybridized carbons (Fsp3) is 0.385. The molecule has 0 atom stereocenters. The average molecular weight is 284 g/mol. The molecule has 18 heavy (non-hydrogen) atoms. The molecule has 0 unspecified atom stereocenters. The first kappa shape index (κ1) is 15.1. The molecule has 0 radical (unpaired) electrons. The number of ether oxygens (including phenoxy) is 1. The molecule has 0 N–H and O–H groups in total. The molecule has 0 aromatic carbocycles. The van der Waals surface area contributed by atoms with Crippen LogP contribution in [-0.2, 0) is 9.53 Å². The van der Waals surface area contributed by atoms with Crippen molar-refractivity contribution in [2.75, 3.05) is 19.1 Å². The lowest BCUT2D eigenvalue weighted by molar-refractivity contribution is -0.585. The van der Waals surface area contributed by atoms with Crippen molar-refractivity contribution in [3.05, 3.63) is 34.3 Å². The zero-order valence-electron chi connectivity index (χ0n) is 11.1. The van der Waals surface area contributed by atoms with E-state index in [1.165, 1.54) is 0 Å². The van der Waals surface area contributed by atoms with Gasteiger partial charge in [-0.05, 0) is 19.4 Å². The highest BCUT2D eigenvalue weighted by Gasteiger charge is 2.28. The SMILES string of the molecule is CCOC(=O)C(=C(SC)SC)[n+]1ccccc1C. The molecule has 0 aliphatic heterocycles. The summed E-state index contributed by atoms with van der Waals surface area (Å²) in [5, 5.41) is 0. The third-order valence-electron chi connectivity index (χ3n) is 2.34. The van der Waals surface area contributed by atoms with Crippen LogP contribution in [-0.4, -0.2) is 25.1 Å². The molecule has 0 saturated heterocycles. The van der Waals surface area contributed by atoms with Gasteiger partial charge in [0, 0.05) is 19.1 Å². The molecule has 3 nitrogen and oxygen atoms in total. The Bertz CT molecular complexity index is 452. The van der Waals surface area contributed by atoms with Gasteiger partial charge in [-0.3, -0.25) is 0 Å². The smallest absolute Gasteiger partial charge is 0.405 e. The van der Waals surface area contributed by atoms with Crippen LogP contribution in [0, 0.1) is 6.92 Å². The summed E-state index contributed by atoms with van der Waals surface area (Å²) < 4.78 is 7.98. The first-order valence-corrected chi connectivity index (χ1v) is 8.07. The predicted molar refractivity (Wildman–Crippen MR) is 78.3 cm³/mol. The summed E-state index contributed by atoms with van der Waals surface area (Å²) in [4.78, 5) is 12.1. The van der Waals surface area contributed by atoms with Crippen molar-refractivity contribution in [2.45, 2.75) is 13.8 Å². The Morgan fingerprint density at radius 1 is 1.33 bits per heavy atom. The van der Waals surface area contributed by atoms with Crippen LogP contribution in [0.2, 0.25) is 0 Å². The van der Waals surface area contributed by atoms with Gasteiger partial charge < -0.3 is 4.74 Å². The standard InChI is InChI=1S/C13H18NO2S2/c1-5-16-12(15)11(13(17-3)18-4)14-9-7-6-8-10(14)2/h6-9H,5H2,1-4H3/q+1. The molecule has 0 spiro atoms. The summed E-state index contributed by atoms with van der Waals surface area (Å²) in [5.41, 5.74) is 1.59. The molecule has 0 bridgehead atoms.